The van der Waals surface area contributed by atoms with Crippen LogP contribution in [0.25, 0.3) is 0 Å². The zero-order valence-corrected chi connectivity index (χ0v) is 109. The zero-order chi connectivity index (χ0) is 122. The third-order valence-electron chi connectivity index (χ3n) is 22.5. The molecule has 0 saturated carbocycles. The molecule has 0 amide bonds. The van der Waals surface area contributed by atoms with Gasteiger partial charge in [-0.25, -0.2) is 44.7 Å². The lowest BCUT2D eigenvalue weighted by Gasteiger charge is -2.13. The minimum absolute atomic E-state index is 0.0138. The van der Waals surface area contributed by atoms with Gasteiger partial charge < -0.3 is 37.9 Å². The van der Waals surface area contributed by atoms with Crippen LogP contribution in [0.5, 0.6) is 0 Å². The molecule has 0 radical (unpaired) electrons. The minimum Gasteiger partial charge on any atom is -0.461 e. The molecule has 4 saturated heterocycles. The largest absolute Gasteiger partial charge is 0.461 e. The van der Waals surface area contributed by atoms with Gasteiger partial charge in [-0.3, -0.25) is 0 Å². The fourth-order valence-corrected chi connectivity index (χ4v) is 11.0. The highest BCUT2D eigenvalue weighted by Gasteiger charge is 2.35. The third kappa shape index (κ3) is 193. The van der Waals surface area contributed by atoms with Crippen LogP contribution in [0.4, 0.5) is 61.5 Å². The molecule has 924 valence electrons. The van der Waals surface area contributed by atoms with Crippen molar-refractivity contribution in [2.45, 2.75) is 713 Å². The molecule has 4 rings (SSSR count). The first kappa shape index (κ1) is 183. The second kappa shape index (κ2) is 122. The third-order valence-corrected chi connectivity index (χ3v) is 22.5. The number of epoxide rings is 4. The summed E-state index contributed by atoms with van der Waals surface area (Å²) < 4.78 is 202. The quantitative estimate of drug-likeness (QED) is 0.0252. The molecule has 0 bridgehead atoms. The minimum atomic E-state index is -4.00. The molecule has 0 spiro atoms. The number of carbonyl (C=O) groups excluding carboxylic acids is 2. The van der Waals surface area contributed by atoms with Crippen molar-refractivity contribution in [2.75, 3.05) is 14.2 Å². The molecule has 0 aromatic carbocycles. The van der Waals surface area contributed by atoms with E-state index in [1.54, 1.807) is 69.2 Å². The van der Waals surface area contributed by atoms with E-state index in [2.05, 4.69) is 220 Å². The SMILES string of the molecule is CC(C)C.CC(C)C.CC(C)C(F)(F)F.CC(C)C(F)(F)F.CCCC(C)(C)F.CCCC(C)(C)F.CCC[C@@H](C)CCC=C(C)C.CCC[C@@H](C)CCCC(C)C.CCC[C@H](C)CCC=C(C)C.CCC[C@H](C)CCCC(C)C.CC[C@@H](C)F.CC[C@@H](C)OC(=O)[C@@H](C)OC.CC[C@@H](F)[C@@H](C)F.CC[C@@H]1O[C@@H]1C.CC[C@@H]1O[C@H]1C.CC[C@H](C)F.CC[C@H](C)OC(=O)[C@H](C)OC.CC[C@H](F)[C@H](C)F.CC[C@H]1O[C@@H]1C.CC[C@H]1O[C@H]1C. The van der Waals surface area contributed by atoms with E-state index >= 15 is 0 Å². The zero-order valence-electron chi connectivity index (χ0n) is 109. The van der Waals surface area contributed by atoms with E-state index in [1.807, 2.05) is 55.4 Å². The fraction of sp³-hybridized carbons (Fsp3) is 0.952. The number of ether oxygens (including phenoxy) is 8. The Morgan fingerprint density at radius 2 is 0.493 bits per heavy atom. The molecule has 4 heterocycles. The summed E-state index contributed by atoms with van der Waals surface area (Å²) in [6, 6.07) is 0. The van der Waals surface area contributed by atoms with Crippen molar-refractivity contribution in [3.8, 4) is 0 Å². The van der Waals surface area contributed by atoms with Crippen LogP contribution in [-0.4, -0.2) is 160 Å². The number of hydrogen-bond donors (Lipinski definition) is 0. The van der Waals surface area contributed by atoms with Gasteiger partial charge in [0.2, 0.25) is 0 Å². The van der Waals surface area contributed by atoms with Gasteiger partial charge in [0.15, 0.2) is 12.2 Å². The van der Waals surface area contributed by atoms with Crippen LogP contribution in [-0.2, 0) is 47.5 Å². The summed E-state index contributed by atoms with van der Waals surface area (Å²) in [5.41, 5.74) is 1.01. The normalized spacial score (nSPS) is 18.6. The Bertz CT molecular complexity index is 2440. The van der Waals surface area contributed by atoms with E-state index in [9.17, 15) is 71.1 Å². The molecule has 4 fully saturated rings. The maximum atomic E-state index is 12.4. The van der Waals surface area contributed by atoms with E-state index in [1.165, 1.54) is 180 Å². The lowest BCUT2D eigenvalue weighted by Crippen LogP contribution is -2.25. The molecule has 24 heteroatoms. The molecular formula is C126H262F14O10. The average molecular weight is 2200 g/mol. The van der Waals surface area contributed by atoms with Crippen molar-refractivity contribution in [3.63, 3.8) is 0 Å². The summed E-state index contributed by atoms with van der Waals surface area (Å²) in [4.78, 5) is 22.0. The Labute approximate surface area is 926 Å². The molecule has 4 aliphatic rings. The molecule has 10 nitrogen and oxygen atoms in total. The summed E-state index contributed by atoms with van der Waals surface area (Å²) in [5.74, 6) is 4.21. The second-order valence-electron chi connectivity index (χ2n) is 45.5. The van der Waals surface area contributed by atoms with Gasteiger partial charge in [-0.15, -0.1) is 0 Å². The number of alkyl halides is 14. The fourth-order valence-electron chi connectivity index (χ4n) is 11.0. The van der Waals surface area contributed by atoms with Crippen molar-refractivity contribution in [3.05, 3.63) is 23.3 Å². The van der Waals surface area contributed by atoms with Crippen molar-refractivity contribution < 1.29 is 109 Å². The number of allylic oxidation sites excluding steroid dienone is 4. The predicted octanol–water partition coefficient (Wildman–Crippen LogP) is 44.8. The lowest BCUT2D eigenvalue weighted by atomic mass is 9.96. The van der Waals surface area contributed by atoms with Crippen LogP contribution in [0.2, 0.25) is 0 Å². The molecule has 0 unspecified atom stereocenters. The Morgan fingerprint density at radius 1 is 0.307 bits per heavy atom. The van der Waals surface area contributed by atoms with Crippen molar-refractivity contribution in [1.29, 1.82) is 0 Å². The average Bonchev–Trinajstić information content (AvgIpc) is 1.75. The number of rotatable bonds is 44. The molecule has 0 aromatic rings. The van der Waals surface area contributed by atoms with Gasteiger partial charge in [-0.05, 0) is 289 Å². The first-order valence-corrected chi connectivity index (χ1v) is 59.3. The number of methoxy groups -OCH3 is 2. The molecule has 22 atom stereocenters. The first-order chi connectivity index (χ1) is 68.6. The highest BCUT2D eigenvalue weighted by molar-refractivity contribution is 5.74. The maximum Gasteiger partial charge on any atom is 0.391 e. The van der Waals surface area contributed by atoms with Crippen LogP contribution in [0.15, 0.2) is 23.3 Å². The number of carbonyl (C=O) groups is 2. The van der Waals surface area contributed by atoms with Crippen molar-refractivity contribution in [2.24, 2.45) is 59.2 Å². The summed E-state index contributed by atoms with van der Waals surface area (Å²) in [5, 5.41) is 0. The topological polar surface area (TPSA) is 121 Å². The van der Waals surface area contributed by atoms with Gasteiger partial charge >= 0.3 is 24.3 Å². The molecule has 4 aliphatic heterocycles. The summed E-state index contributed by atoms with van der Waals surface area (Å²) in [6.07, 6.45) is 30.3. The molecular weight excluding hydrogens is 1940 g/mol. The van der Waals surface area contributed by atoms with Gasteiger partial charge in [0, 0.05) is 26.1 Å². The van der Waals surface area contributed by atoms with Gasteiger partial charge in [-0.2, -0.15) is 26.3 Å². The summed E-state index contributed by atoms with van der Waals surface area (Å²) in [7, 11) is 2.98. The van der Waals surface area contributed by atoms with Crippen LogP contribution in [0, 0.1) is 59.2 Å². The lowest BCUT2D eigenvalue weighted by molar-refractivity contribution is -0.165. The van der Waals surface area contributed by atoms with Crippen molar-refractivity contribution in [1.82, 2.24) is 0 Å². The van der Waals surface area contributed by atoms with Crippen LogP contribution in [0.1, 0.15) is 579 Å². The van der Waals surface area contributed by atoms with Gasteiger partial charge in [-0.1, -0.05) is 361 Å². The second-order valence-corrected chi connectivity index (χ2v) is 45.5. The Balaban J connectivity index is -0.0000000906. The highest BCUT2D eigenvalue weighted by atomic mass is 19.4. The van der Waals surface area contributed by atoms with Crippen molar-refractivity contribution >= 4 is 11.9 Å². The molecule has 0 aromatic heterocycles. The summed E-state index contributed by atoms with van der Waals surface area (Å²) in [6.45, 7) is 105. The molecule has 0 aliphatic carbocycles. The Kier molecular flexibility index (Phi) is 148. The maximum absolute atomic E-state index is 12.4. The first-order valence-electron chi connectivity index (χ1n) is 59.3. The Morgan fingerprint density at radius 3 is 0.580 bits per heavy atom. The smallest absolute Gasteiger partial charge is 0.391 e. The number of hydrogen-bond acceptors (Lipinski definition) is 10. The van der Waals surface area contributed by atoms with Crippen LogP contribution in [0.3, 0.4) is 0 Å². The van der Waals surface area contributed by atoms with E-state index in [0.717, 1.165) is 101 Å². The van der Waals surface area contributed by atoms with Crippen LogP contribution < -0.4 is 0 Å². The number of esters is 2. The number of halogens is 14. The van der Waals surface area contributed by atoms with E-state index < -0.39 is 84.8 Å². The Hall–Kier alpha value is -2.80. The van der Waals surface area contributed by atoms with E-state index in [4.69, 9.17) is 37.9 Å². The highest BCUT2D eigenvalue weighted by Crippen LogP contribution is 2.29. The van der Waals surface area contributed by atoms with Gasteiger partial charge in [0.25, 0.3) is 0 Å². The van der Waals surface area contributed by atoms with E-state index in [-0.39, 0.29) is 37.0 Å². The molecule has 150 heavy (non-hydrogen) atoms. The molecule has 0 N–H and O–H groups in total. The monoisotopic (exact) mass is 2200 g/mol. The van der Waals surface area contributed by atoms with E-state index in [0.29, 0.717) is 74.5 Å². The standard InChI is InChI=1S/2C11H24.2C11H22.2C8H16O3.2C6H13F.2C5H10F2.4C5H10O.2C4H7F3.2C4H9F.2C4H10/c4*1-5-7-11(4)9-6-8-10(2)3;2*1-5-6(2)11-8(9)7(3)10-4;2*1-4-5-6(2,3)7;2*1-3-5(7)4(2)6;4*1-3-5-4(2)6-5;2*1-3(2)4(5,6)7;2*1-3-4(2)5;2*1-4(2)3/h2*10-11H,5-9H2,1-4H3;2*8,11H,5-7,9H2,1-4H3;2*6-7H,5H2,1-4H3;2*4-5H2,1-3H3;2*4-5H,3H2,1-2H3;4*4-5H,3H2,1-2H3;2*3H,1-2H3;2*4H,3H2,1-2H3;2*4H,1-3H3/t4*11-;2*6-,7-;;;2*4-,5-;2*4-,5+;2*4-,5-;;;2*4-;;/m101010..101010..10../s1. The predicted molar refractivity (Wildman–Crippen MR) is 630 cm³/mol. The summed E-state index contributed by atoms with van der Waals surface area (Å²) >= 11 is 0. The van der Waals surface area contributed by atoms with Gasteiger partial charge in [0.05, 0.1) is 73.4 Å². The van der Waals surface area contributed by atoms with Gasteiger partial charge in [0.1, 0.15) is 36.0 Å². The van der Waals surface area contributed by atoms with Crippen LogP contribution >= 0.6 is 0 Å².